The molecule has 1 aromatic carbocycles. The summed E-state index contributed by atoms with van der Waals surface area (Å²) in [5.74, 6) is 2.18. The highest BCUT2D eigenvalue weighted by atomic mass is 16.5. The lowest BCUT2D eigenvalue weighted by Gasteiger charge is -2.18. The number of nitrogens with zero attached hydrogens (tertiary/aromatic N) is 3. The monoisotopic (exact) mass is 342 g/mol. The van der Waals surface area contributed by atoms with Crippen molar-refractivity contribution < 1.29 is 4.74 Å². The molecule has 0 aliphatic heterocycles. The number of hydrogen-bond donors (Lipinski definition) is 1. The van der Waals surface area contributed by atoms with Gasteiger partial charge in [0.25, 0.3) is 0 Å². The number of aryl methyl sites for hydroxylation is 2. The van der Waals surface area contributed by atoms with Crippen LogP contribution < -0.4 is 15.0 Å². The van der Waals surface area contributed by atoms with Crippen molar-refractivity contribution in [2.24, 2.45) is 7.05 Å². The van der Waals surface area contributed by atoms with Crippen molar-refractivity contribution in [2.45, 2.75) is 51.8 Å². The first kappa shape index (κ1) is 17.8. The Bertz CT molecular complexity index is 702. The smallest absolute Gasteiger partial charge is 0.130 e. The van der Waals surface area contributed by atoms with Crippen LogP contribution >= 0.6 is 0 Å². The molecule has 0 saturated heterocycles. The second kappa shape index (κ2) is 7.91. The van der Waals surface area contributed by atoms with Crippen molar-refractivity contribution in [3.63, 3.8) is 0 Å². The summed E-state index contributed by atoms with van der Waals surface area (Å²) in [6, 6.07) is 8.39. The van der Waals surface area contributed by atoms with E-state index in [4.69, 9.17) is 4.74 Å². The van der Waals surface area contributed by atoms with Crippen molar-refractivity contribution in [1.82, 2.24) is 15.1 Å². The van der Waals surface area contributed by atoms with E-state index in [1.165, 1.54) is 36.8 Å². The largest absolute Gasteiger partial charge is 0.490 e. The summed E-state index contributed by atoms with van der Waals surface area (Å²) < 4.78 is 8.18. The average Bonchev–Trinajstić information content (AvgIpc) is 3.17. The number of aromatic nitrogens is 2. The average molecular weight is 342 g/mol. The van der Waals surface area contributed by atoms with E-state index < -0.39 is 0 Å². The molecule has 0 spiro atoms. The molecule has 1 aromatic heterocycles. The fourth-order valence-corrected chi connectivity index (χ4v) is 3.73. The Balaban J connectivity index is 1.65. The van der Waals surface area contributed by atoms with Gasteiger partial charge in [-0.3, -0.25) is 4.68 Å². The Morgan fingerprint density at radius 3 is 2.64 bits per heavy atom. The maximum absolute atomic E-state index is 6.23. The van der Waals surface area contributed by atoms with E-state index in [9.17, 15) is 0 Å². The van der Waals surface area contributed by atoms with E-state index in [1.54, 1.807) is 0 Å². The molecule has 1 fully saturated rings. The molecule has 0 bridgehead atoms. The molecule has 0 unspecified atom stereocenters. The molecule has 1 N–H and O–H groups in total. The van der Waals surface area contributed by atoms with E-state index in [-0.39, 0.29) is 0 Å². The molecule has 0 atom stereocenters. The standard InChI is InChI=1S/C20H30N4O/c1-15-18(20(23(2)3)24(4)22-15)14-21-13-16-9-5-8-12-19(16)25-17-10-6-7-11-17/h5,8-9,12,17,21H,6-7,10-11,13-14H2,1-4H3. The minimum Gasteiger partial charge on any atom is -0.490 e. The molecule has 1 aliphatic carbocycles. The lowest BCUT2D eigenvalue weighted by atomic mass is 10.1. The van der Waals surface area contributed by atoms with E-state index in [0.29, 0.717) is 6.10 Å². The Morgan fingerprint density at radius 1 is 1.20 bits per heavy atom. The minimum absolute atomic E-state index is 0.391. The summed E-state index contributed by atoms with van der Waals surface area (Å²) in [6.45, 7) is 3.66. The first-order chi connectivity index (χ1) is 12.1. The highest BCUT2D eigenvalue weighted by molar-refractivity contribution is 5.48. The minimum atomic E-state index is 0.391. The first-order valence-corrected chi connectivity index (χ1v) is 9.21. The van der Waals surface area contributed by atoms with Gasteiger partial charge in [-0.15, -0.1) is 0 Å². The number of para-hydroxylation sites is 1. The Kier molecular flexibility index (Phi) is 5.63. The maximum atomic E-state index is 6.23. The summed E-state index contributed by atoms with van der Waals surface area (Å²) in [4.78, 5) is 2.12. The molecule has 136 valence electrons. The molecule has 5 nitrogen and oxygen atoms in total. The fraction of sp³-hybridized carbons (Fsp3) is 0.550. The van der Waals surface area contributed by atoms with Gasteiger partial charge < -0.3 is 15.0 Å². The van der Waals surface area contributed by atoms with Gasteiger partial charge in [-0.2, -0.15) is 5.10 Å². The first-order valence-electron chi connectivity index (χ1n) is 9.21. The molecule has 5 heteroatoms. The van der Waals surface area contributed by atoms with Crippen LogP contribution in [-0.4, -0.2) is 30.0 Å². The summed E-state index contributed by atoms with van der Waals surface area (Å²) >= 11 is 0. The van der Waals surface area contributed by atoms with Crippen molar-refractivity contribution in [3.05, 3.63) is 41.1 Å². The van der Waals surface area contributed by atoms with Crippen LogP contribution in [0.5, 0.6) is 5.75 Å². The zero-order valence-electron chi connectivity index (χ0n) is 15.9. The Hall–Kier alpha value is -2.01. The number of hydrogen-bond acceptors (Lipinski definition) is 4. The third kappa shape index (κ3) is 4.15. The molecule has 2 aromatic rings. The van der Waals surface area contributed by atoms with E-state index >= 15 is 0 Å². The van der Waals surface area contributed by atoms with Crippen molar-refractivity contribution in [3.8, 4) is 5.75 Å². The Labute approximate surface area is 151 Å². The van der Waals surface area contributed by atoms with Crippen molar-refractivity contribution in [2.75, 3.05) is 19.0 Å². The van der Waals surface area contributed by atoms with E-state index in [2.05, 4.69) is 60.6 Å². The van der Waals surface area contributed by atoms with Gasteiger partial charge >= 0.3 is 0 Å². The van der Waals surface area contributed by atoms with Crippen molar-refractivity contribution in [1.29, 1.82) is 0 Å². The number of benzene rings is 1. The molecule has 0 amide bonds. The van der Waals surface area contributed by atoms with E-state index in [1.807, 2.05) is 11.7 Å². The number of anilines is 1. The van der Waals surface area contributed by atoms with E-state index in [0.717, 1.165) is 30.4 Å². The van der Waals surface area contributed by atoms with Crippen LogP contribution in [-0.2, 0) is 20.1 Å². The van der Waals surface area contributed by atoms with Crippen LogP contribution in [0.15, 0.2) is 24.3 Å². The molecule has 1 saturated carbocycles. The van der Waals surface area contributed by atoms with Crippen LogP contribution in [0.1, 0.15) is 42.5 Å². The van der Waals surface area contributed by atoms with Gasteiger partial charge in [-0.05, 0) is 38.7 Å². The molecule has 3 rings (SSSR count). The summed E-state index contributed by atoms with van der Waals surface area (Å²) in [5, 5.41) is 8.13. The Morgan fingerprint density at radius 2 is 1.92 bits per heavy atom. The zero-order chi connectivity index (χ0) is 17.8. The van der Waals surface area contributed by atoms with Crippen LogP contribution in [0.3, 0.4) is 0 Å². The van der Waals surface area contributed by atoms with Gasteiger partial charge in [0.15, 0.2) is 0 Å². The molecule has 0 radical (unpaired) electrons. The highest BCUT2D eigenvalue weighted by Gasteiger charge is 2.18. The summed E-state index contributed by atoms with van der Waals surface area (Å²) in [5.41, 5.74) is 3.55. The summed E-state index contributed by atoms with van der Waals surface area (Å²) in [7, 11) is 6.12. The predicted molar refractivity (Wildman–Crippen MR) is 102 cm³/mol. The molecular weight excluding hydrogens is 312 g/mol. The van der Waals surface area contributed by atoms with Crippen LogP contribution in [0.25, 0.3) is 0 Å². The molecule has 1 heterocycles. The number of ether oxygens (including phenoxy) is 1. The third-order valence-corrected chi connectivity index (χ3v) is 4.92. The predicted octanol–water partition coefficient (Wildman–Crippen LogP) is 3.41. The number of nitrogens with one attached hydrogen (secondary N) is 1. The second-order valence-electron chi connectivity index (χ2n) is 7.14. The van der Waals surface area contributed by atoms with Gasteiger partial charge in [0.05, 0.1) is 11.8 Å². The number of rotatable bonds is 7. The van der Waals surface area contributed by atoms with Crippen molar-refractivity contribution >= 4 is 5.82 Å². The second-order valence-corrected chi connectivity index (χ2v) is 7.14. The highest BCUT2D eigenvalue weighted by Crippen LogP contribution is 2.27. The molecule has 25 heavy (non-hydrogen) atoms. The normalized spacial score (nSPS) is 14.9. The van der Waals surface area contributed by atoms with Crippen LogP contribution in [0.4, 0.5) is 5.82 Å². The fourth-order valence-electron chi connectivity index (χ4n) is 3.73. The SMILES string of the molecule is Cc1nn(C)c(N(C)C)c1CNCc1ccccc1OC1CCCC1. The maximum Gasteiger partial charge on any atom is 0.130 e. The van der Waals surface area contributed by atoms with Gasteiger partial charge in [0, 0.05) is 45.4 Å². The lowest BCUT2D eigenvalue weighted by molar-refractivity contribution is 0.207. The summed E-state index contributed by atoms with van der Waals surface area (Å²) in [6.07, 6.45) is 5.34. The third-order valence-electron chi connectivity index (χ3n) is 4.92. The van der Waals surface area contributed by atoms with Gasteiger partial charge in [-0.25, -0.2) is 0 Å². The van der Waals surface area contributed by atoms with Crippen LogP contribution in [0.2, 0.25) is 0 Å². The lowest BCUT2D eigenvalue weighted by Crippen LogP contribution is -2.19. The van der Waals surface area contributed by atoms with Gasteiger partial charge in [0.1, 0.15) is 11.6 Å². The van der Waals surface area contributed by atoms with Gasteiger partial charge in [-0.1, -0.05) is 18.2 Å². The zero-order valence-corrected chi connectivity index (χ0v) is 15.9. The van der Waals surface area contributed by atoms with Crippen LogP contribution in [0, 0.1) is 6.92 Å². The molecule has 1 aliphatic rings. The van der Waals surface area contributed by atoms with Gasteiger partial charge in [0.2, 0.25) is 0 Å². The topological polar surface area (TPSA) is 42.3 Å². The quantitative estimate of drug-likeness (QED) is 0.837. The molecular formula is C20H30N4O.